The number of rotatable bonds is 5. The molecular weight excluding hydrogens is 260 g/mol. The molecule has 0 amide bonds. The van der Waals surface area contributed by atoms with E-state index < -0.39 is 0 Å². The molecule has 1 aromatic carbocycles. The molecule has 0 fully saturated rings. The third kappa shape index (κ3) is 3.48. The number of nitrogens with zero attached hydrogens (tertiary/aromatic N) is 1. The first-order valence-electron chi connectivity index (χ1n) is 6.49. The standard InChI is InChI=1S/C14H22N2O2S/c1-10(9-19-3)16(2)8-11-6-13-14(7-12(11)15)18-5-4-17-13/h6-7,10H,4-5,8-9,15H2,1-3H3. The lowest BCUT2D eigenvalue weighted by atomic mass is 10.1. The van der Waals surface area contributed by atoms with Crippen molar-refractivity contribution in [2.24, 2.45) is 0 Å². The van der Waals surface area contributed by atoms with Crippen LogP contribution in [0, 0.1) is 0 Å². The van der Waals surface area contributed by atoms with Gasteiger partial charge >= 0.3 is 0 Å². The Labute approximate surface area is 119 Å². The minimum absolute atomic E-state index is 0.516. The van der Waals surface area contributed by atoms with Gasteiger partial charge in [-0.2, -0.15) is 11.8 Å². The second-order valence-electron chi connectivity index (χ2n) is 4.91. The van der Waals surface area contributed by atoms with Gasteiger partial charge in [0.1, 0.15) is 13.2 Å². The van der Waals surface area contributed by atoms with Crippen molar-refractivity contribution in [3.8, 4) is 11.5 Å². The van der Waals surface area contributed by atoms with Crippen molar-refractivity contribution in [1.29, 1.82) is 0 Å². The molecule has 2 N–H and O–H groups in total. The van der Waals surface area contributed by atoms with E-state index in [-0.39, 0.29) is 0 Å². The molecule has 1 aliphatic rings. The van der Waals surface area contributed by atoms with Gasteiger partial charge < -0.3 is 15.2 Å². The van der Waals surface area contributed by atoms with Crippen LogP contribution in [0.1, 0.15) is 12.5 Å². The van der Waals surface area contributed by atoms with Crippen molar-refractivity contribution in [2.45, 2.75) is 19.5 Å². The quantitative estimate of drug-likeness (QED) is 0.839. The van der Waals surface area contributed by atoms with E-state index in [0.717, 1.165) is 35.0 Å². The molecule has 5 heteroatoms. The minimum atomic E-state index is 0.516. The average molecular weight is 282 g/mol. The van der Waals surface area contributed by atoms with Crippen LogP contribution in [0.25, 0.3) is 0 Å². The summed E-state index contributed by atoms with van der Waals surface area (Å²) in [5.74, 6) is 2.68. The Morgan fingerprint density at radius 3 is 2.58 bits per heavy atom. The van der Waals surface area contributed by atoms with Crippen molar-refractivity contribution in [2.75, 3.05) is 38.0 Å². The zero-order valence-corrected chi connectivity index (χ0v) is 12.6. The molecule has 0 spiro atoms. The third-order valence-corrected chi connectivity index (χ3v) is 4.20. The Balaban J connectivity index is 2.11. The lowest BCUT2D eigenvalue weighted by Crippen LogP contribution is -2.30. The smallest absolute Gasteiger partial charge is 0.163 e. The number of nitrogens with two attached hydrogens (primary N) is 1. The van der Waals surface area contributed by atoms with Gasteiger partial charge in [-0.25, -0.2) is 0 Å². The largest absolute Gasteiger partial charge is 0.486 e. The zero-order chi connectivity index (χ0) is 13.8. The molecule has 1 atom stereocenters. The Bertz CT molecular complexity index is 440. The summed E-state index contributed by atoms with van der Waals surface area (Å²) in [5.41, 5.74) is 7.97. The predicted octanol–water partition coefficient (Wildman–Crippen LogP) is 2.22. The first-order chi connectivity index (χ1) is 9.11. The van der Waals surface area contributed by atoms with E-state index in [4.69, 9.17) is 15.2 Å². The molecule has 0 aromatic heterocycles. The monoisotopic (exact) mass is 282 g/mol. The first-order valence-corrected chi connectivity index (χ1v) is 7.88. The lowest BCUT2D eigenvalue weighted by Gasteiger charge is -2.26. The SMILES string of the molecule is CSCC(C)N(C)Cc1cc2c(cc1N)OCCO2. The number of anilines is 1. The van der Waals surface area contributed by atoms with Gasteiger partial charge in [0, 0.05) is 30.1 Å². The summed E-state index contributed by atoms with van der Waals surface area (Å²) in [7, 11) is 2.12. The summed E-state index contributed by atoms with van der Waals surface area (Å²) in [6.07, 6.45) is 2.13. The zero-order valence-electron chi connectivity index (χ0n) is 11.8. The van der Waals surface area contributed by atoms with Gasteiger partial charge in [0.2, 0.25) is 0 Å². The van der Waals surface area contributed by atoms with E-state index in [0.29, 0.717) is 19.3 Å². The van der Waals surface area contributed by atoms with Gasteiger partial charge in [-0.15, -0.1) is 0 Å². The number of ether oxygens (including phenoxy) is 2. The summed E-state index contributed by atoms with van der Waals surface area (Å²) in [6.45, 7) is 4.25. The van der Waals surface area contributed by atoms with Gasteiger partial charge in [-0.3, -0.25) is 4.90 Å². The third-order valence-electron chi connectivity index (χ3n) is 3.38. The van der Waals surface area contributed by atoms with Crippen LogP contribution in [-0.4, -0.2) is 43.2 Å². The van der Waals surface area contributed by atoms with Crippen LogP contribution in [0.5, 0.6) is 11.5 Å². The number of hydrogen-bond donors (Lipinski definition) is 1. The molecule has 106 valence electrons. The number of hydrogen-bond acceptors (Lipinski definition) is 5. The number of benzene rings is 1. The molecular formula is C14H22N2O2S. The van der Waals surface area contributed by atoms with Crippen LogP contribution < -0.4 is 15.2 Å². The number of thioether (sulfide) groups is 1. The number of nitrogen functional groups attached to an aromatic ring is 1. The van der Waals surface area contributed by atoms with Crippen molar-refractivity contribution < 1.29 is 9.47 Å². The second-order valence-corrected chi connectivity index (χ2v) is 5.82. The summed E-state index contributed by atoms with van der Waals surface area (Å²) in [5, 5.41) is 0. The van der Waals surface area contributed by atoms with Crippen LogP contribution in [0.2, 0.25) is 0 Å². The summed E-state index contributed by atoms with van der Waals surface area (Å²) >= 11 is 1.86. The molecule has 1 unspecified atom stereocenters. The van der Waals surface area contributed by atoms with Crippen LogP contribution >= 0.6 is 11.8 Å². The Morgan fingerprint density at radius 1 is 1.32 bits per heavy atom. The van der Waals surface area contributed by atoms with E-state index >= 15 is 0 Å². The van der Waals surface area contributed by atoms with Crippen molar-refractivity contribution >= 4 is 17.4 Å². The molecule has 0 radical (unpaired) electrons. The highest BCUT2D eigenvalue weighted by molar-refractivity contribution is 7.98. The van der Waals surface area contributed by atoms with E-state index in [1.54, 1.807) is 0 Å². The first kappa shape index (κ1) is 14.3. The molecule has 0 saturated heterocycles. The summed E-state index contributed by atoms with van der Waals surface area (Å²) in [4.78, 5) is 2.30. The van der Waals surface area contributed by atoms with Crippen molar-refractivity contribution in [1.82, 2.24) is 4.90 Å². The van der Waals surface area contributed by atoms with Crippen LogP contribution in [0.3, 0.4) is 0 Å². The van der Waals surface area contributed by atoms with Gasteiger partial charge in [-0.05, 0) is 31.9 Å². The molecule has 19 heavy (non-hydrogen) atoms. The Kier molecular flexibility index (Phi) is 4.82. The highest BCUT2D eigenvalue weighted by Crippen LogP contribution is 2.34. The Morgan fingerprint density at radius 2 is 1.95 bits per heavy atom. The number of fused-ring (bicyclic) bond motifs is 1. The fraction of sp³-hybridized carbons (Fsp3) is 0.571. The molecule has 2 rings (SSSR count). The maximum absolute atomic E-state index is 6.10. The fourth-order valence-electron chi connectivity index (χ4n) is 2.08. The van der Waals surface area contributed by atoms with E-state index in [2.05, 4.69) is 25.1 Å². The second kappa shape index (κ2) is 6.39. The molecule has 1 aliphatic heterocycles. The minimum Gasteiger partial charge on any atom is -0.486 e. The average Bonchev–Trinajstić information content (AvgIpc) is 2.39. The van der Waals surface area contributed by atoms with Gasteiger partial charge in [0.25, 0.3) is 0 Å². The summed E-state index contributed by atoms with van der Waals surface area (Å²) < 4.78 is 11.1. The predicted molar refractivity (Wildman–Crippen MR) is 81.2 cm³/mol. The molecule has 0 aliphatic carbocycles. The molecule has 1 aromatic rings. The molecule has 0 saturated carbocycles. The van der Waals surface area contributed by atoms with Crippen LogP contribution in [0.4, 0.5) is 5.69 Å². The van der Waals surface area contributed by atoms with Crippen LogP contribution in [0.15, 0.2) is 12.1 Å². The van der Waals surface area contributed by atoms with E-state index in [1.165, 1.54) is 0 Å². The lowest BCUT2D eigenvalue weighted by molar-refractivity contribution is 0.171. The highest BCUT2D eigenvalue weighted by Gasteiger charge is 2.16. The van der Waals surface area contributed by atoms with Crippen LogP contribution in [-0.2, 0) is 6.54 Å². The topological polar surface area (TPSA) is 47.7 Å². The molecule has 1 heterocycles. The van der Waals surface area contributed by atoms with Crippen molar-refractivity contribution in [3.63, 3.8) is 0 Å². The van der Waals surface area contributed by atoms with Gasteiger partial charge in [0.05, 0.1) is 0 Å². The van der Waals surface area contributed by atoms with E-state index in [9.17, 15) is 0 Å². The normalized spacial score (nSPS) is 15.6. The van der Waals surface area contributed by atoms with E-state index in [1.807, 2.05) is 23.9 Å². The highest BCUT2D eigenvalue weighted by atomic mass is 32.2. The van der Waals surface area contributed by atoms with Gasteiger partial charge in [-0.1, -0.05) is 0 Å². The fourth-order valence-corrected chi connectivity index (χ4v) is 2.81. The van der Waals surface area contributed by atoms with Gasteiger partial charge in [0.15, 0.2) is 11.5 Å². The maximum Gasteiger partial charge on any atom is 0.163 e. The molecule has 4 nitrogen and oxygen atoms in total. The van der Waals surface area contributed by atoms with Crippen molar-refractivity contribution in [3.05, 3.63) is 17.7 Å². The summed E-state index contributed by atoms with van der Waals surface area (Å²) in [6, 6.07) is 4.39. The maximum atomic E-state index is 6.10. The Hall–Kier alpha value is -1.07. The molecule has 0 bridgehead atoms.